The van der Waals surface area contributed by atoms with Crippen LogP contribution in [0.5, 0.6) is 0 Å². The fourth-order valence-corrected chi connectivity index (χ4v) is 0.306. The number of hydrogen-bond donors (Lipinski definition) is 0. The van der Waals surface area contributed by atoms with Crippen molar-refractivity contribution < 1.29 is 31.9 Å². The second-order valence-electron chi connectivity index (χ2n) is 1.33. The number of ether oxygens (including phenoxy) is 1. The van der Waals surface area contributed by atoms with E-state index >= 15 is 0 Å². The zero-order valence-corrected chi connectivity index (χ0v) is 6.51. The van der Waals surface area contributed by atoms with E-state index in [4.69, 9.17) is 0 Å². The second-order valence-corrected chi connectivity index (χ2v) is 1.33. The fourth-order valence-electron chi connectivity index (χ4n) is 0.306. The van der Waals surface area contributed by atoms with E-state index in [1.54, 1.807) is 0 Å². The summed E-state index contributed by atoms with van der Waals surface area (Å²) in [6.45, 7) is 1.94. The van der Waals surface area contributed by atoms with Crippen molar-refractivity contribution in [1.82, 2.24) is 0 Å². The molecule has 0 amide bonds. The number of rotatable bonds is 2. The molecule has 3 heteroatoms. The van der Waals surface area contributed by atoms with Crippen LogP contribution in [-0.2, 0) is 31.9 Å². The molecule has 0 heterocycles. The molecular weight excluding hydrogens is 200 g/mol. The molecule has 0 aliphatic heterocycles. The predicted molar refractivity (Wildman–Crippen MR) is 26.9 cm³/mol. The van der Waals surface area contributed by atoms with Gasteiger partial charge in [0.15, 0.2) is 0 Å². The van der Waals surface area contributed by atoms with Crippen LogP contribution in [0.25, 0.3) is 0 Å². The Kier molecular flexibility index (Phi) is 9.97. The van der Waals surface area contributed by atoms with Crippen LogP contribution in [0.2, 0.25) is 0 Å². The zero-order chi connectivity index (χ0) is 5.70. The van der Waals surface area contributed by atoms with Gasteiger partial charge in [-0.05, 0) is 6.42 Å². The largest absolute Gasteiger partial charge is 0.469 e. The molecule has 0 saturated heterocycles. The molecule has 1 radical (unpaired) electrons. The number of hydrogen-bond acceptors (Lipinski definition) is 2. The van der Waals surface area contributed by atoms with Gasteiger partial charge in [-0.1, -0.05) is 6.92 Å². The first-order chi connectivity index (χ1) is 3.31. The maximum Gasteiger partial charge on any atom is 0.305 e. The third-order valence-electron chi connectivity index (χ3n) is 0.682. The van der Waals surface area contributed by atoms with Crippen molar-refractivity contribution >= 4 is 5.97 Å². The first-order valence-electron chi connectivity index (χ1n) is 2.38. The van der Waals surface area contributed by atoms with Gasteiger partial charge in [0.2, 0.25) is 0 Å². The molecule has 0 rings (SSSR count). The van der Waals surface area contributed by atoms with Gasteiger partial charge in [-0.2, -0.15) is 0 Å². The summed E-state index contributed by atoms with van der Waals surface area (Å²) in [6.07, 6.45) is 1.41. The van der Waals surface area contributed by atoms with Crippen molar-refractivity contribution in [2.45, 2.75) is 19.8 Å². The van der Waals surface area contributed by atoms with E-state index in [2.05, 4.69) is 4.74 Å². The van der Waals surface area contributed by atoms with Gasteiger partial charge in [0.05, 0.1) is 7.11 Å². The summed E-state index contributed by atoms with van der Waals surface area (Å²) in [4.78, 5) is 10.2. The van der Waals surface area contributed by atoms with Crippen LogP contribution in [0.4, 0.5) is 0 Å². The Hall–Kier alpha value is 0.210. The minimum absolute atomic E-state index is 0. The Morgan fingerprint density at radius 2 is 2.12 bits per heavy atom. The van der Waals surface area contributed by atoms with Crippen molar-refractivity contribution in [3.63, 3.8) is 0 Å². The van der Waals surface area contributed by atoms with E-state index in [0.29, 0.717) is 6.42 Å². The summed E-state index contributed by atoms with van der Waals surface area (Å²) in [5.41, 5.74) is 0. The van der Waals surface area contributed by atoms with E-state index in [1.165, 1.54) is 7.11 Å². The summed E-state index contributed by atoms with van der Waals surface area (Å²) in [5, 5.41) is 0. The van der Waals surface area contributed by atoms with Crippen LogP contribution in [0.3, 0.4) is 0 Å². The Bertz CT molecular complexity index is 63.4. The molecule has 0 fully saturated rings. The molecule has 0 aliphatic carbocycles. The fraction of sp³-hybridized carbons (Fsp3) is 0.800. The van der Waals surface area contributed by atoms with Crippen molar-refractivity contribution in [2.75, 3.05) is 7.11 Å². The molecule has 8 heavy (non-hydrogen) atoms. The van der Waals surface area contributed by atoms with Gasteiger partial charge in [-0.25, -0.2) is 0 Å². The predicted octanol–water partition coefficient (Wildman–Crippen LogP) is 0.957. The molecular formula is C5H10AgO2. The van der Waals surface area contributed by atoms with E-state index in [0.717, 1.165) is 6.42 Å². The van der Waals surface area contributed by atoms with Gasteiger partial charge in [0.1, 0.15) is 0 Å². The molecule has 0 aromatic rings. The van der Waals surface area contributed by atoms with Gasteiger partial charge < -0.3 is 4.74 Å². The average molecular weight is 210 g/mol. The number of carbonyl (C=O) groups excluding carboxylic acids is 1. The van der Waals surface area contributed by atoms with Crippen LogP contribution in [0.15, 0.2) is 0 Å². The molecule has 0 unspecified atom stereocenters. The second kappa shape index (κ2) is 7.21. The molecule has 0 aromatic carbocycles. The van der Waals surface area contributed by atoms with Crippen molar-refractivity contribution in [3.8, 4) is 0 Å². The normalized spacial score (nSPS) is 7.25. The van der Waals surface area contributed by atoms with Crippen molar-refractivity contribution in [1.29, 1.82) is 0 Å². The smallest absolute Gasteiger partial charge is 0.305 e. The monoisotopic (exact) mass is 209 g/mol. The first-order valence-corrected chi connectivity index (χ1v) is 2.38. The molecule has 0 N–H and O–H groups in total. The summed E-state index contributed by atoms with van der Waals surface area (Å²) in [5.74, 6) is -0.123. The van der Waals surface area contributed by atoms with E-state index < -0.39 is 0 Å². The quantitative estimate of drug-likeness (QED) is 0.501. The molecule has 0 bridgehead atoms. The number of esters is 1. The Morgan fingerprint density at radius 3 is 2.25 bits per heavy atom. The summed E-state index contributed by atoms with van der Waals surface area (Å²) in [7, 11) is 1.40. The third kappa shape index (κ3) is 6.21. The molecule has 0 spiro atoms. The minimum atomic E-state index is -0.123. The zero-order valence-electron chi connectivity index (χ0n) is 5.03. The van der Waals surface area contributed by atoms with E-state index in [-0.39, 0.29) is 28.3 Å². The maximum absolute atomic E-state index is 10.2. The van der Waals surface area contributed by atoms with Crippen molar-refractivity contribution in [2.24, 2.45) is 0 Å². The van der Waals surface area contributed by atoms with Gasteiger partial charge in [0.25, 0.3) is 0 Å². The minimum Gasteiger partial charge on any atom is -0.469 e. The molecule has 2 nitrogen and oxygen atoms in total. The van der Waals surface area contributed by atoms with E-state index in [1.807, 2.05) is 6.92 Å². The summed E-state index contributed by atoms with van der Waals surface area (Å²) >= 11 is 0. The standard InChI is InChI=1S/C5H10O2.Ag/c1-3-4-5(6)7-2;/h3-4H2,1-2H3;. The SMILES string of the molecule is CCCC(=O)OC.[Ag]. The van der Waals surface area contributed by atoms with Gasteiger partial charge >= 0.3 is 5.97 Å². The summed E-state index contributed by atoms with van der Waals surface area (Å²) in [6, 6.07) is 0. The molecule has 53 valence electrons. The first kappa shape index (κ1) is 11.1. The van der Waals surface area contributed by atoms with E-state index in [9.17, 15) is 4.79 Å². The Morgan fingerprint density at radius 1 is 1.62 bits per heavy atom. The number of methoxy groups -OCH3 is 1. The molecule has 0 aliphatic rings. The van der Waals surface area contributed by atoms with Crippen LogP contribution >= 0.6 is 0 Å². The topological polar surface area (TPSA) is 26.3 Å². The van der Waals surface area contributed by atoms with Crippen LogP contribution in [-0.4, -0.2) is 13.1 Å². The molecule has 0 aromatic heterocycles. The average Bonchev–Trinajstić information content (AvgIpc) is 1.68. The van der Waals surface area contributed by atoms with Crippen LogP contribution in [0.1, 0.15) is 19.8 Å². The van der Waals surface area contributed by atoms with Gasteiger partial charge in [0, 0.05) is 28.8 Å². The molecule has 0 atom stereocenters. The maximum atomic E-state index is 10.2. The Labute approximate surface area is 65.1 Å². The van der Waals surface area contributed by atoms with Crippen molar-refractivity contribution in [3.05, 3.63) is 0 Å². The summed E-state index contributed by atoms with van der Waals surface area (Å²) < 4.78 is 4.35. The Balaban J connectivity index is 0. The van der Waals surface area contributed by atoms with Gasteiger partial charge in [-0.15, -0.1) is 0 Å². The van der Waals surface area contributed by atoms with Gasteiger partial charge in [-0.3, -0.25) is 4.79 Å². The number of carbonyl (C=O) groups is 1. The third-order valence-corrected chi connectivity index (χ3v) is 0.682. The molecule has 0 saturated carbocycles. The van der Waals surface area contributed by atoms with Crippen LogP contribution in [0, 0.1) is 0 Å². The van der Waals surface area contributed by atoms with Crippen LogP contribution < -0.4 is 0 Å².